The zero-order valence-electron chi connectivity index (χ0n) is 17.5. The number of hydrogen-bond donors (Lipinski definition) is 1. The Morgan fingerprint density at radius 1 is 1.06 bits per heavy atom. The largest absolute Gasteiger partial charge is 0.369 e. The van der Waals surface area contributed by atoms with Crippen LogP contribution < -0.4 is 5.73 Å². The van der Waals surface area contributed by atoms with Gasteiger partial charge in [-0.25, -0.2) is 0 Å². The molecular formula is C24H24Br2ClN3O2. The molecule has 1 aliphatic heterocycles. The van der Waals surface area contributed by atoms with E-state index in [0.29, 0.717) is 25.4 Å². The number of benzene rings is 1. The zero-order chi connectivity index (χ0) is 22.6. The van der Waals surface area contributed by atoms with Gasteiger partial charge in [0.2, 0.25) is 11.8 Å². The van der Waals surface area contributed by atoms with Crippen LogP contribution in [0, 0.1) is 17.8 Å². The van der Waals surface area contributed by atoms with Crippen LogP contribution in [0.5, 0.6) is 0 Å². The monoisotopic (exact) mass is 579 g/mol. The van der Waals surface area contributed by atoms with Crippen molar-refractivity contribution < 1.29 is 9.59 Å². The Labute approximate surface area is 209 Å². The van der Waals surface area contributed by atoms with E-state index >= 15 is 0 Å². The number of halogens is 3. The fourth-order valence-corrected chi connectivity index (χ4v) is 7.00. The van der Waals surface area contributed by atoms with E-state index in [1.165, 1.54) is 16.7 Å². The maximum atomic E-state index is 12.8. The van der Waals surface area contributed by atoms with Crippen LogP contribution in [0.2, 0.25) is 5.02 Å². The lowest BCUT2D eigenvalue weighted by Gasteiger charge is -2.37. The summed E-state index contributed by atoms with van der Waals surface area (Å²) in [6.07, 6.45) is 6.13. The minimum atomic E-state index is -0.356. The summed E-state index contributed by atoms with van der Waals surface area (Å²) in [6, 6.07) is 6.25. The van der Waals surface area contributed by atoms with E-state index in [-0.39, 0.29) is 29.6 Å². The van der Waals surface area contributed by atoms with E-state index in [0.717, 1.165) is 45.3 Å². The maximum Gasteiger partial charge on any atom is 0.226 e. The fraction of sp³-hybridized carbons (Fsp3) is 0.458. The zero-order valence-corrected chi connectivity index (χ0v) is 21.4. The molecule has 0 spiro atoms. The smallest absolute Gasteiger partial charge is 0.226 e. The van der Waals surface area contributed by atoms with Crippen LogP contribution in [-0.4, -0.2) is 34.8 Å². The number of amides is 2. The molecule has 1 aromatic heterocycles. The molecule has 2 fully saturated rings. The first-order valence-corrected chi connectivity index (χ1v) is 13.0. The normalized spacial score (nSPS) is 25.0. The minimum Gasteiger partial charge on any atom is -0.369 e. The summed E-state index contributed by atoms with van der Waals surface area (Å²) in [7, 11) is 0. The van der Waals surface area contributed by atoms with Crippen LogP contribution in [0.1, 0.15) is 47.6 Å². The van der Waals surface area contributed by atoms with E-state index in [4.69, 9.17) is 22.3 Å². The lowest BCUT2D eigenvalue weighted by molar-refractivity contribution is -0.135. The molecule has 3 atom stereocenters. The van der Waals surface area contributed by atoms with Gasteiger partial charge in [0.05, 0.1) is 17.5 Å². The van der Waals surface area contributed by atoms with Gasteiger partial charge in [-0.05, 0) is 88.8 Å². The number of carbonyl (C=O) groups excluding carboxylic acids is 2. The summed E-state index contributed by atoms with van der Waals surface area (Å²) in [5.41, 5.74) is 10.3. The number of carbonyl (C=O) groups is 2. The number of rotatable bonds is 3. The number of pyridine rings is 1. The number of nitrogens with zero attached hydrogens (tertiary/aromatic N) is 2. The van der Waals surface area contributed by atoms with Crippen LogP contribution in [0.15, 0.2) is 33.3 Å². The minimum absolute atomic E-state index is 0.0870. The van der Waals surface area contributed by atoms with E-state index in [2.05, 4.69) is 44.0 Å². The Bertz CT molecular complexity index is 1100. The van der Waals surface area contributed by atoms with Crippen LogP contribution >= 0.6 is 43.5 Å². The summed E-state index contributed by atoms with van der Waals surface area (Å²) < 4.78 is 2.02. The highest BCUT2D eigenvalue weighted by molar-refractivity contribution is 9.10. The number of aryl methyl sites for hydroxylation is 2. The quantitative estimate of drug-likeness (QED) is 0.563. The molecule has 168 valence electrons. The van der Waals surface area contributed by atoms with Crippen molar-refractivity contribution in [3.8, 4) is 0 Å². The van der Waals surface area contributed by atoms with Gasteiger partial charge >= 0.3 is 0 Å². The molecule has 32 heavy (non-hydrogen) atoms. The second-order valence-corrected chi connectivity index (χ2v) is 11.4. The first kappa shape index (κ1) is 22.4. The molecule has 2 aromatic rings. The van der Waals surface area contributed by atoms with Gasteiger partial charge < -0.3 is 10.6 Å². The van der Waals surface area contributed by atoms with Crippen LogP contribution in [-0.2, 0) is 22.4 Å². The number of aromatic nitrogens is 1. The van der Waals surface area contributed by atoms with Crippen molar-refractivity contribution >= 4 is 55.3 Å². The molecular weight excluding hydrogens is 558 g/mol. The van der Waals surface area contributed by atoms with E-state index in [1.54, 1.807) is 0 Å². The average Bonchev–Trinajstić information content (AvgIpc) is 3.57. The standard InChI is InChI=1S/C24H24Br2ClN3O2/c25-15-7-14-2-1-13-8-16(27)9-19(26)20(13)21(22(14)29-11-15)12-3-5-30(6-4-12)24(32)18-10-17(18)23(28)31/h7-9,11-12,17-18,21H,1-6,10H2,(H2,28,31)/t17?,18-,21+/m0/s1. The molecule has 5 rings (SSSR count). The lowest BCUT2D eigenvalue weighted by atomic mass is 9.76. The molecule has 2 N–H and O–H groups in total. The maximum absolute atomic E-state index is 12.8. The Morgan fingerprint density at radius 3 is 2.47 bits per heavy atom. The SMILES string of the molecule is NC(=O)C1C[C@@H]1C(=O)N1CCC([C@H]2c3ncc(Br)cc3CCc3cc(Cl)cc(Br)c32)CC1. The number of likely N-dealkylation sites (tertiary alicyclic amines) is 1. The van der Waals surface area contributed by atoms with E-state index in [1.807, 2.05) is 17.2 Å². The molecule has 1 unspecified atom stereocenters. The molecule has 1 saturated heterocycles. The molecule has 2 aliphatic carbocycles. The number of primary amides is 1. The van der Waals surface area contributed by atoms with Crippen LogP contribution in [0.25, 0.3) is 0 Å². The number of fused-ring (bicyclic) bond motifs is 2. The Kier molecular flexibility index (Phi) is 6.10. The van der Waals surface area contributed by atoms with Crippen molar-refractivity contribution in [2.45, 2.75) is 38.0 Å². The van der Waals surface area contributed by atoms with Crippen molar-refractivity contribution in [3.63, 3.8) is 0 Å². The highest BCUT2D eigenvalue weighted by Crippen LogP contribution is 2.47. The molecule has 1 aromatic carbocycles. The Balaban J connectivity index is 1.43. The first-order chi connectivity index (χ1) is 15.3. The third-order valence-corrected chi connectivity index (χ3v) is 8.52. The number of piperidine rings is 1. The molecule has 5 nitrogen and oxygen atoms in total. The van der Waals surface area contributed by atoms with Gasteiger partial charge in [-0.3, -0.25) is 14.6 Å². The molecule has 2 heterocycles. The highest BCUT2D eigenvalue weighted by Gasteiger charge is 2.49. The molecule has 8 heteroatoms. The number of nitrogens with two attached hydrogens (primary N) is 1. The van der Waals surface area contributed by atoms with Gasteiger partial charge in [0.1, 0.15) is 0 Å². The van der Waals surface area contributed by atoms with Gasteiger partial charge in [0.25, 0.3) is 0 Å². The summed E-state index contributed by atoms with van der Waals surface area (Å²) in [4.78, 5) is 31.0. The van der Waals surface area contributed by atoms with Gasteiger partial charge in [-0.2, -0.15) is 0 Å². The number of hydrogen-bond acceptors (Lipinski definition) is 3. The van der Waals surface area contributed by atoms with Crippen molar-refractivity contribution in [2.24, 2.45) is 23.5 Å². The molecule has 3 aliphatic rings. The van der Waals surface area contributed by atoms with Crippen LogP contribution in [0.4, 0.5) is 0 Å². The van der Waals surface area contributed by atoms with E-state index < -0.39 is 0 Å². The molecule has 1 saturated carbocycles. The lowest BCUT2D eigenvalue weighted by Crippen LogP contribution is -2.41. The van der Waals surface area contributed by atoms with Gasteiger partial charge in [-0.15, -0.1) is 0 Å². The third-order valence-electron chi connectivity index (χ3n) is 7.21. The Hall–Kier alpha value is -1.44. The summed E-state index contributed by atoms with van der Waals surface area (Å²) >= 11 is 13.8. The molecule has 0 bridgehead atoms. The third kappa shape index (κ3) is 4.12. The fourth-order valence-electron chi connectivity index (χ4n) is 5.50. The highest BCUT2D eigenvalue weighted by atomic mass is 79.9. The average molecular weight is 582 g/mol. The molecule has 0 radical (unpaired) electrons. The van der Waals surface area contributed by atoms with Crippen molar-refractivity contribution in [2.75, 3.05) is 13.1 Å². The second kappa shape index (κ2) is 8.73. The van der Waals surface area contributed by atoms with Gasteiger partial charge in [0, 0.05) is 39.2 Å². The van der Waals surface area contributed by atoms with Gasteiger partial charge in [-0.1, -0.05) is 27.5 Å². The first-order valence-electron chi connectivity index (χ1n) is 11.0. The van der Waals surface area contributed by atoms with Crippen LogP contribution in [0.3, 0.4) is 0 Å². The Morgan fingerprint density at radius 2 is 1.78 bits per heavy atom. The predicted molar refractivity (Wildman–Crippen MR) is 130 cm³/mol. The topological polar surface area (TPSA) is 76.3 Å². The second-order valence-electron chi connectivity index (χ2n) is 9.15. The summed E-state index contributed by atoms with van der Waals surface area (Å²) in [5.74, 6) is -0.233. The van der Waals surface area contributed by atoms with Gasteiger partial charge in [0.15, 0.2) is 0 Å². The van der Waals surface area contributed by atoms with Crippen molar-refractivity contribution in [1.29, 1.82) is 0 Å². The summed E-state index contributed by atoms with van der Waals surface area (Å²) in [5, 5.41) is 0.739. The molecule has 2 amide bonds. The van der Waals surface area contributed by atoms with E-state index in [9.17, 15) is 9.59 Å². The van der Waals surface area contributed by atoms with Crippen molar-refractivity contribution in [3.05, 3.63) is 60.7 Å². The summed E-state index contributed by atoms with van der Waals surface area (Å²) in [6.45, 7) is 1.41. The predicted octanol–water partition coefficient (Wildman–Crippen LogP) is 4.85. The van der Waals surface area contributed by atoms with Crippen molar-refractivity contribution in [1.82, 2.24) is 9.88 Å².